The lowest BCUT2D eigenvalue weighted by atomic mass is 10.1. The zero-order chi connectivity index (χ0) is 14.1. The van der Waals surface area contributed by atoms with Crippen molar-refractivity contribution in [2.24, 2.45) is 0 Å². The molecule has 2 heterocycles. The molecule has 0 unspecified atom stereocenters. The van der Waals surface area contributed by atoms with Crippen molar-refractivity contribution in [3.8, 4) is 0 Å². The molecule has 1 aliphatic rings. The molecule has 0 aliphatic carbocycles. The maximum absolute atomic E-state index is 12.3. The summed E-state index contributed by atoms with van der Waals surface area (Å²) in [5.74, 6) is 0.621. The van der Waals surface area contributed by atoms with Crippen molar-refractivity contribution in [2.45, 2.75) is 13.3 Å². The van der Waals surface area contributed by atoms with Gasteiger partial charge in [-0.1, -0.05) is 6.92 Å². The third-order valence-corrected chi connectivity index (χ3v) is 4.15. The number of hydrogen-bond acceptors (Lipinski definition) is 4. The van der Waals surface area contributed by atoms with E-state index in [1.54, 1.807) is 6.07 Å². The summed E-state index contributed by atoms with van der Waals surface area (Å²) >= 11 is 3.51. The Bertz CT molecular complexity index is 689. The molecule has 0 saturated carbocycles. The quantitative estimate of drug-likeness (QED) is 0.844. The highest BCUT2D eigenvalue weighted by Gasteiger charge is 2.16. The summed E-state index contributed by atoms with van der Waals surface area (Å²) in [7, 11) is 0. The Labute approximate surface area is 125 Å². The first-order chi connectivity index (χ1) is 9.69. The molecule has 1 saturated heterocycles. The number of fused-ring (bicyclic) bond motifs is 1. The maximum atomic E-state index is 12.3. The number of morpholine rings is 1. The molecule has 0 amide bonds. The summed E-state index contributed by atoms with van der Waals surface area (Å²) < 4.78 is 12.1. The lowest BCUT2D eigenvalue weighted by Crippen LogP contribution is -2.36. The summed E-state index contributed by atoms with van der Waals surface area (Å²) in [5.41, 5.74) is 1.75. The standard InChI is InChI=1S/C15H16BrNO3/c1-2-10-7-11-13(18)9-14(17-3-5-19-6-4-17)20-15(11)12(16)8-10/h7-9H,2-6H2,1H3. The van der Waals surface area contributed by atoms with Crippen molar-refractivity contribution in [2.75, 3.05) is 31.2 Å². The summed E-state index contributed by atoms with van der Waals surface area (Å²) in [5, 5.41) is 0.633. The summed E-state index contributed by atoms with van der Waals surface area (Å²) in [6.07, 6.45) is 0.888. The van der Waals surface area contributed by atoms with Gasteiger partial charge >= 0.3 is 0 Å². The molecule has 0 bridgehead atoms. The van der Waals surface area contributed by atoms with Crippen molar-refractivity contribution in [1.29, 1.82) is 0 Å². The largest absolute Gasteiger partial charge is 0.439 e. The Morgan fingerprint density at radius 3 is 2.70 bits per heavy atom. The number of aryl methyl sites for hydroxylation is 1. The first-order valence-electron chi connectivity index (χ1n) is 6.78. The minimum Gasteiger partial charge on any atom is -0.439 e. The van der Waals surface area contributed by atoms with Gasteiger partial charge in [0.25, 0.3) is 0 Å². The van der Waals surface area contributed by atoms with Crippen LogP contribution in [0.1, 0.15) is 12.5 Å². The normalized spacial score (nSPS) is 15.8. The zero-order valence-corrected chi connectivity index (χ0v) is 12.9. The SMILES string of the molecule is CCc1cc(Br)c2oc(N3CCOCC3)cc(=O)c2c1. The molecule has 1 aromatic heterocycles. The molecule has 3 rings (SSSR count). The topological polar surface area (TPSA) is 42.7 Å². The molecular weight excluding hydrogens is 322 g/mol. The minimum absolute atomic E-state index is 0.00346. The van der Waals surface area contributed by atoms with Crippen LogP contribution in [0, 0.1) is 0 Å². The molecule has 2 aromatic rings. The second kappa shape index (κ2) is 5.58. The second-order valence-electron chi connectivity index (χ2n) is 4.86. The maximum Gasteiger partial charge on any atom is 0.200 e. The molecule has 1 aromatic carbocycles. The molecule has 1 aliphatic heterocycles. The van der Waals surface area contributed by atoms with Gasteiger partial charge in [0.15, 0.2) is 16.9 Å². The highest BCUT2D eigenvalue weighted by Crippen LogP contribution is 2.28. The van der Waals surface area contributed by atoms with E-state index in [9.17, 15) is 4.79 Å². The lowest BCUT2D eigenvalue weighted by Gasteiger charge is -2.27. The number of halogens is 1. The first-order valence-corrected chi connectivity index (χ1v) is 7.57. The van der Waals surface area contributed by atoms with Crippen LogP contribution in [-0.2, 0) is 11.2 Å². The number of ether oxygens (including phenoxy) is 1. The van der Waals surface area contributed by atoms with Gasteiger partial charge in [0, 0.05) is 19.2 Å². The fourth-order valence-corrected chi connectivity index (χ4v) is 2.99. The summed E-state index contributed by atoms with van der Waals surface area (Å²) in [6, 6.07) is 5.50. The van der Waals surface area contributed by atoms with Crippen molar-refractivity contribution >= 4 is 32.8 Å². The van der Waals surface area contributed by atoms with Crippen molar-refractivity contribution in [3.05, 3.63) is 38.5 Å². The lowest BCUT2D eigenvalue weighted by molar-refractivity contribution is 0.121. The Kier molecular flexibility index (Phi) is 3.81. The van der Waals surface area contributed by atoms with Crippen LogP contribution in [0.2, 0.25) is 0 Å². The molecule has 0 atom stereocenters. The van der Waals surface area contributed by atoms with Crippen LogP contribution in [-0.4, -0.2) is 26.3 Å². The van der Waals surface area contributed by atoms with E-state index < -0.39 is 0 Å². The van der Waals surface area contributed by atoms with Gasteiger partial charge in [0.05, 0.1) is 23.1 Å². The van der Waals surface area contributed by atoms with E-state index >= 15 is 0 Å². The number of hydrogen-bond donors (Lipinski definition) is 0. The van der Waals surface area contributed by atoms with Gasteiger partial charge < -0.3 is 14.1 Å². The van der Waals surface area contributed by atoms with Crippen molar-refractivity contribution < 1.29 is 9.15 Å². The van der Waals surface area contributed by atoms with Crippen LogP contribution in [0.4, 0.5) is 5.88 Å². The number of rotatable bonds is 2. The van der Waals surface area contributed by atoms with E-state index in [4.69, 9.17) is 9.15 Å². The van der Waals surface area contributed by atoms with Crippen LogP contribution in [0.5, 0.6) is 0 Å². The first kappa shape index (κ1) is 13.6. The van der Waals surface area contributed by atoms with Gasteiger partial charge in [-0.15, -0.1) is 0 Å². The Morgan fingerprint density at radius 1 is 1.25 bits per heavy atom. The number of benzene rings is 1. The van der Waals surface area contributed by atoms with E-state index in [2.05, 4.69) is 22.9 Å². The zero-order valence-electron chi connectivity index (χ0n) is 11.3. The monoisotopic (exact) mass is 337 g/mol. The van der Waals surface area contributed by atoms with Crippen molar-refractivity contribution in [1.82, 2.24) is 0 Å². The second-order valence-corrected chi connectivity index (χ2v) is 5.71. The predicted molar refractivity (Wildman–Crippen MR) is 82.6 cm³/mol. The molecule has 0 radical (unpaired) electrons. The van der Waals surface area contributed by atoms with Crippen LogP contribution < -0.4 is 10.3 Å². The average molecular weight is 338 g/mol. The number of anilines is 1. The molecule has 0 N–H and O–H groups in total. The fourth-order valence-electron chi connectivity index (χ4n) is 2.40. The number of nitrogens with zero attached hydrogens (tertiary/aromatic N) is 1. The van der Waals surface area contributed by atoms with E-state index in [-0.39, 0.29) is 5.43 Å². The molecule has 0 spiro atoms. The van der Waals surface area contributed by atoms with Crippen LogP contribution in [0.3, 0.4) is 0 Å². The Morgan fingerprint density at radius 2 is 2.00 bits per heavy atom. The average Bonchev–Trinajstić information content (AvgIpc) is 2.48. The minimum atomic E-state index is 0.00346. The highest BCUT2D eigenvalue weighted by molar-refractivity contribution is 9.10. The summed E-state index contributed by atoms with van der Waals surface area (Å²) in [4.78, 5) is 14.4. The van der Waals surface area contributed by atoms with Gasteiger partial charge in [-0.25, -0.2) is 0 Å². The van der Waals surface area contributed by atoms with E-state index in [0.29, 0.717) is 30.1 Å². The van der Waals surface area contributed by atoms with Gasteiger partial charge in [0.1, 0.15) is 0 Å². The van der Waals surface area contributed by atoms with Crippen LogP contribution in [0.15, 0.2) is 31.9 Å². The molecular formula is C15H16BrNO3. The van der Waals surface area contributed by atoms with Gasteiger partial charge in [-0.2, -0.15) is 0 Å². The molecule has 5 heteroatoms. The van der Waals surface area contributed by atoms with Gasteiger partial charge in [-0.3, -0.25) is 4.79 Å². The summed E-state index contributed by atoms with van der Waals surface area (Å²) in [6.45, 7) is 4.89. The Balaban J connectivity index is 2.13. The third kappa shape index (κ3) is 2.47. The van der Waals surface area contributed by atoms with Gasteiger partial charge in [0.2, 0.25) is 0 Å². The van der Waals surface area contributed by atoms with Crippen LogP contribution >= 0.6 is 15.9 Å². The molecule has 1 fully saturated rings. The van der Waals surface area contributed by atoms with Gasteiger partial charge in [-0.05, 0) is 40.0 Å². The smallest absolute Gasteiger partial charge is 0.200 e. The van der Waals surface area contributed by atoms with Crippen LogP contribution in [0.25, 0.3) is 11.0 Å². The van der Waals surface area contributed by atoms with E-state index in [1.807, 2.05) is 17.0 Å². The van der Waals surface area contributed by atoms with E-state index in [0.717, 1.165) is 29.5 Å². The third-order valence-electron chi connectivity index (χ3n) is 3.56. The van der Waals surface area contributed by atoms with Crippen molar-refractivity contribution in [3.63, 3.8) is 0 Å². The highest BCUT2D eigenvalue weighted by atomic mass is 79.9. The fraction of sp³-hybridized carbons (Fsp3) is 0.400. The molecule has 106 valence electrons. The molecule has 20 heavy (non-hydrogen) atoms. The predicted octanol–water partition coefficient (Wildman–Crippen LogP) is 2.95. The van der Waals surface area contributed by atoms with E-state index in [1.165, 1.54) is 0 Å². The molecule has 4 nitrogen and oxygen atoms in total. The Hall–Kier alpha value is -1.33.